The summed E-state index contributed by atoms with van der Waals surface area (Å²) in [5, 5.41) is 6.54. The molecule has 0 amide bonds. The molecule has 2 N–H and O–H groups in total. The fourth-order valence-corrected chi connectivity index (χ4v) is 4.17. The quantitative estimate of drug-likeness (QED) is 0.415. The molecule has 1 aliphatic carbocycles. The van der Waals surface area contributed by atoms with Crippen LogP contribution in [-0.4, -0.2) is 26.5 Å². The first kappa shape index (κ1) is 21.4. The molecule has 0 aliphatic heterocycles. The molecule has 2 heterocycles. The molecule has 162 valence electrons. The second kappa shape index (κ2) is 9.55. The van der Waals surface area contributed by atoms with Gasteiger partial charge in [0, 0.05) is 28.9 Å². The van der Waals surface area contributed by atoms with Gasteiger partial charge in [0.05, 0.1) is 11.4 Å². The summed E-state index contributed by atoms with van der Waals surface area (Å²) in [7, 11) is 0. The molecule has 4 rings (SSSR count). The highest BCUT2D eigenvalue weighted by molar-refractivity contribution is 8.00. The van der Waals surface area contributed by atoms with Crippen LogP contribution in [0.5, 0.6) is 0 Å². The van der Waals surface area contributed by atoms with Crippen LogP contribution in [0.15, 0.2) is 59.6 Å². The monoisotopic (exact) mass is 445 g/mol. The second-order valence-corrected chi connectivity index (χ2v) is 8.50. The SMILES string of the molecule is FC(F)(F)Sc1cccc(Nc2cc(-c3ccccn3)nc(NC3CCCCC3)n2)c1. The van der Waals surface area contributed by atoms with Gasteiger partial charge in [-0.25, -0.2) is 4.98 Å². The zero-order valence-electron chi connectivity index (χ0n) is 16.7. The standard InChI is InChI=1S/C22H22F3N5S/c23-22(24,25)31-17-10-6-9-16(13-17)27-20-14-19(18-11-4-5-12-26-18)29-21(30-20)28-15-7-2-1-3-8-15/h4-6,9-15H,1-3,7-8H2,(H2,27,28,29,30). The molecule has 0 saturated heterocycles. The lowest BCUT2D eigenvalue weighted by Gasteiger charge is -2.23. The zero-order valence-corrected chi connectivity index (χ0v) is 17.5. The summed E-state index contributed by atoms with van der Waals surface area (Å²) in [5.74, 6) is 0.974. The normalized spacial score (nSPS) is 14.9. The van der Waals surface area contributed by atoms with E-state index in [2.05, 4.69) is 25.6 Å². The Bertz CT molecular complexity index is 1010. The van der Waals surface area contributed by atoms with E-state index in [1.807, 2.05) is 18.2 Å². The van der Waals surface area contributed by atoms with Crippen molar-refractivity contribution in [1.29, 1.82) is 0 Å². The molecular formula is C22H22F3N5S. The Kier molecular flexibility index (Phi) is 6.60. The van der Waals surface area contributed by atoms with E-state index >= 15 is 0 Å². The van der Waals surface area contributed by atoms with Crippen LogP contribution in [0.4, 0.5) is 30.6 Å². The average Bonchev–Trinajstić information content (AvgIpc) is 2.74. The predicted molar refractivity (Wildman–Crippen MR) is 117 cm³/mol. The van der Waals surface area contributed by atoms with Crippen LogP contribution in [0.2, 0.25) is 0 Å². The summed E-state index contributed by atoms with van der Waals surface area (Å²) in [6, 6.07) is 13.8. The van der Waals surface area contributed by atoms with Crippen molar-refractivity contribution in [2.45, 2.75) is 48.5 Å². The van der Waals surface area contributed by atoms with Gasteiger partial charge in [-0.3, -0.25) is 4.98 Å². The summed E-state index contributed by atoms with van der Waals surface area (Å²) in [6.07, 6.45) is 7.41. The van der Waals surface area contributed by atoms with E-state index in [0.717, 1.165) is 12.8 Å². The number of alkyl halides is 3. The van der Waals surface area contributed by atoms with E-state index in [4.69, 9.17) is 0 Å². The highest BCUT2D eigenvalue weighted by Crippen LogP contribution is 2.38. The molecular weight excluding hydrogens is 423 g/mol. The number of nitrogens with one attached hydrogen (secondary N) is 2. The molecule has 0 radical (unpaired) electrons. The van der Waals surface area contributed by atoms with Gasteiger partial charge in [-0.1, -0.05) is 31.4 Å². The molecule has 1 aliphatic rings. The Hall–Kier alpha value is -2.81. The minimum Gasteiger partial charge on any atom is -0.351 e. The number of thioether (sulfide) groups is 1. The maximum absolute atomic E-state index is 12.7. The number of halogens is 3. The third-order valence-electron chi connectivity index (χ3n) is 4.93. The van der Waals surface area contributed by atoms with Gasteiger partial charge in [-0.05, 0) is 54.9 Å². The number of benzene rings is 1. The Balaban J connectivity index is 1.61. The minimum absolute atomic E-state index is 0.108. The molecule has 3 aromatic rings. The van der Waals surface area contributed by atoms with Crippen LogP contribution in [0.1, 0.15) is 32.1 Å². The van der Waals surface area contributed by atoms with Crippen LogP contribution < -0.4 is 10.6 Å². The number of hydrogen-bond donors (Lipinski definition) is 2. The number of hydrogen-bond acceptors (Lipinski definition) is 6. The highest BCUT2D eigenvalue weighted by atomic mass is 32.2. The number of aromatic nitrogens is 3. The largest absolute Gasteiger partial charge is 0.446 e. The lowest BCUT2D eigenvalue weighted by atomic mass is 9.96. The van der Waals surface area contributed by atoms with Gasteiger partial charge >= 0.3 is 5.51 Å². The summed E-state index contributed by atoms with van der Waals surface area (Å²) < 4.78 is 38.2. The topological polar surface area (TPSA) is 62.7 Å². The van der Waals surface area contributed by atoms with Gasteiger partial charge < -0.3 is 10.6 Å². The molecule has 0 spiro atoms. The van der Waals surface area contributed by atoms with Crippen molar-refractivity contribution in [3.63, 3.8) is 0 Å². The van der Waals surface area contributed by atoms with Crippen molar-refractivity contribution >= 4 is 29.2 Å². The van der Waals surface area contributed by atoms with Gasteiger partial charge in [0.1, 0.15) is 5.82 Å². The lowest BCUT2D eigenvalue weighted by molar-refractivity contribution is -0.0328. The lowest BCUT2D eigenvalue weighted by Crippen LogP contribution is -2.23. The van der Waals surface area contributed by atoms with Gasteiger partial charge in [0.25, 0.3) is 0 Å². The number of rotatable bonds is 6. The maximum Gasteiger partial charge on any atom is 0.446 e. The second-order valence-electron chi connectivity index (χ2n) is 7.36. The number of nitrogens with zero attached hydrogens (tertiary/aromatic N) is 3. The van der Waals surface area contributed by atoms with E-state index in [9.17, 15) is 13.2 Å². The van der Waals surface area contributed by atoms with Crippen molar-refractivity contribution < 1.29 is 13.2 Å². The first-order chi connectivity index (χ1) is 14.9. The van der Waals surface area contributed by atoms with Crippen LogP contribution in [0.25, 0.3) is 11.4 Å². The Morgan fingerprint density at radius 2 is 1.74 bits per heavy atom. The summed E-state index contributed by atoms with van der Waals surface area (Å²) in [6.45, 7) is 0. The van der Waals surface area contributed by atoms with E-state index in [1.165, 1.54) is 31.4 Å². The molecule has 0 unspecified atom stereocenters. The summed E-state index contributed by atoms with van der Waals surface area (Å²) >= 11 is -0.143. The molecule has 1 fully saturated rings. The Morgan fingerprint density at radius 3 is 2.48 bits per heavy atom. The average molecular weight is 446 g/mol. The van der Waals surface area contributed by atoms with Crippen LogP contribution >= 0.6 is 11.8 Å². The minimum atomic E-state index is -4.34. The number of pyridine rings is 1. The first-order valence-electron chi connectivity index (χ1n) is 10.1. The van der Waals surface area contributed by atoms with Crippen LogP contribution in [0.3, 0.4) is 0 Å². The van der Waals surface area contributed by atoms with Gasteiger partial charge in [0.15, 0.2) is 0 Å². The van der Waals surface area contributed by atoms with Crippen molar-refractivity contribution in [3.05, 3.63) is 54.7 Å². The zero-order chi connectivity index (χ0) is 21.7. The van der Waals surface area contributed by atoms with E-state index < -0.39 is 5.51 Å². The fourth-order valence-electron chi connectivity index (χ4n) is 3.57. The third kappa shape index (κ3) is 6.33. The molecule has 0 bridgehead atoms. The molecule has 9 heteroatoms. The molecule has 0 atom stereocenters. The van der Waals surface area contributed by atoms with Gasteiger partial charge in [0.2, 0.25) is 5.95 Å². The molecule has 2 aromatic heterocycles. The predicted octanol–water partition coefficient (Wildman–Crippen LogP) is 6.64. The maximum atomic E-state index is 12.7. The Labute approximate surface area is 182 Å². The number of anilines is 3. The Morgan fingerprint density at radius 1 is 0.903 bits per heavy atom. The van der Waals surface area contributed by atoms with E-state index in [-0.39, 0.29) is 16.7 Å². The van der Waals surface area contributed by atoms with E-state index in [1.54, 1.807) is 24.4 Å². The molecule has 5 nitrogen and oxygen atoms in total. The van der Waals surface area contributed by atoms with Gasteiger partial charge in [-0.15, -0.1) is 0 Å². The third-order valence-corrected chi connectivity index (χ3v) is 5.65. The van der Waals surface area contributed by atoms with Gasteiger partial charge in [-0.2, -0.15) is 18.2 Å². The molecule has 31 heavy (non-hydrogen) atoms. The van der Waals surface area contributed by atoms with Crippen molar-refractivity contribution in [1.82, 2.24) is 15.0 Å². The molecule has 1 saturated carbocycles. The highest BCUT2D eigenvalue weighted by Gasteiger charge is 2.29. The fraction of sp³-hybridized carbons (Fsp3) is 0.318. The van der Waals surface area contributed by atoms with Crippen LogP contribution in [-0.2, 0) is 0 Å². The van der Waals surface area contributed by atoms with Crippen LogP contribution in [0, 0.1) is 0 Å². The summed E-state index contributed by atoms with van der Waals surface area (Å²) in [4.78, 5) is 13.7. The molecule has 1 aromatic carbocycles. The van der Waals surface area contributed by atoms with Crippen molar-refractivity contribution in [3.8, 4) is 11.4 Å². The van der Waals surface area contributed by atoms with Crippen molar-refractivity contribution in [2.75, 3.05) is 10.6 Å². The van der Waals surface area contributed by atoms with E-state index in [0.29, 0.717) is 34.9 Å². The van der Waals surface area contributed by atoms with Crippen molar-refractivity contribution in [2.24, 2.45) is 0 Å². The first-order valence-corrected chi connectivity index (χ1v) is 11.0. The smallest absolute Gasteiger partial charge is 0.351 e. The summed E-state index contributed by atoms with van der Waals surface area (Å²) in [5.41, 5.74) is -2.49.